The van der Waals surface area contributed by atoms with Crippen molar-refractivity contribution in [3.05, 3.63) is 101 Å². The monoisotopic (exact) mass is 384 g/mol. The predicted octanol–water partition coefficient (Wildman–Crippen LogP) is 4.51. The number of hydrogen-bond donors (Lipinski definition) is 1. The maximum Gasteiger partial charge on any atom is 0.255 e. The van der Waals surface area contributed by atoms with Crippen LogP contribution < -0.4 is 5.32 Å². The van der Waals surface area contributed by atoms with E-state index in [0.29, 0.717) is 18.5 Å². The highest BCUT2D eigenvalue weighted by Gasteiger charge is 2.36. The van der Waals surface area contributed by atoms with Gasteiger partial charge >= 0.3 is 0 Å². The molecule has 146 valence electrons. The van der Waals surface area contributed by atoms with Crippen molar-refractivity contribution < 1.29 is 9.59 Å². The van der Waals surface area contributed by atoms with Crippen molar-refractivity contribution in [2.24, 2.45) is 0 Å². The molecule has 1 N–H and O–H groups in total. The van der Waals surface area contributed by atoms with Gasteiger partial charge in [0.25, 0.3) is 5.91 Å². The second-order valence-corrected chi connectivity index (χ2v) is 7.66. The van der Waals surface area contributed by atoms with Crippen molar-refractivity contribution in [2.75, 3.05) is 5.32 Å². The van der Waals surface area contributed by atoms with E-state index in [0.717, 1.165) is 27.9 Å². The van der Waals surface area contributed by atoms with Gasteiger partial charge in [0.1, 0.15) is 6.04 Å². The van der Waals surface area contributed by atoms with Crippen molar-refractivity contribution in [2.45, 2.75) is 32.9 Å². The van der Waals surface area contributed by atoms with Gasteiger partial charge in [0.2, 0.25) is 5.91 Å². The van der Waals surface area contributed by atoms with Crippen LogP contribution in [0.25, 0.3) is 0 Å². The molecule has 0 unspecified atom stereocenters. The van der Waals surface area contributed by atoms with Gasteiger partial charge < -0.3 is 10.2 Å². The Morgan fingerprint density at radius 2 is 1.62 bits per heavy atom. The molecule has 1 atom stereocenters. The summed E-state index contributed by atoms with van der Waals surface area (Å²) in [5.74, 6) is -0.253. The molecule has 0 fully saturated rings. The number of aryl methyl sites for hydroxylation is 2. The summed E-state index contributed by atoms with van der Waals surface area (Å²) in [6, 6.07) is 22.8. The number of fused-ring (bicyclic) bond motifs is 1. The van der Waals surface area contributed by atoms with Gasteiger partial charge in [-0.3, -0.25) is 9.59 Å². The number of nitrogens with one attached hydrogen (secondary N) is 1. The minimum absolute atomic E-state index is 0.0860. The van der Waals surface area contributed by atoms with Crippen LogP contribution >= 0.6 is 0 Å². The molecule has 0 saturated heterocycles. The molecule has 4 nitrogen and oxygen atoms in total. The molecule has 1 heterocycles. The Morgan fingerprint density at radius 3 is 2.31 bits per heavy atom. The molecule has 4 heteroatoms. The fraction of sp³-hybridized carbons (Fsp3) is 0.200. The molecular formula is C25H24N2O2. The van der Waals surface area contributed by atoms with Crippen LogP contribution in [0.2, 0.25) is 0 Å². The van der Waals surface area contributed by atoms with Crippen LogP contribution in [0.15, 0.2) is 72.8 Å². The van der Waals surface area contributed by atoms with Gasteiger partial charge in [-0.2, -0.15) is 0 Å². The summed E-state index contributed by atoms with van der Waals surface area (Å²) >= 11 is 0. The van der Waals surface area contributed by atoms with Gasteiger partial charge in [-0.1, -0.05) is 54.6 Å². The van der Waals surface area contributed by atoms with Crippen molar-refractivity contribution in [1.29, 1.82) is 0 Å². The summed E-state index contributed by atoms with van der Waals surface area (Å²) in [6.45, 7) is 4.46. The number of anilines is 1. The molecule has 3 aromatic carbocycles. The zero-order valence-electron chi connectivity index (χ0n) is 16.7. The van der Waals surface area contributed by atoms with Crippen LogP contribution in [0.4, 0.5) is 5.69 Å². The summed E-state index contributed by atoms with van der Waals surface area (Å²) in [4.78, 5) is 28.0. The summed E-state index contributed by atoms with van der Waals surface area (Å²) in [6.07, 6.45) is 0.469. The van der Waals surface area contributed by atoms with E-state index in [9.17, 15) is 9.59 Å². The molecule has 0 aliphatic carbocycles. The van der Waals surface area contributed by atoms with E-state index in [1.165, 1.54) is 0 Å². The molecule has 0 spiro atoms. The molecule has 0 saturated carbocycles. The van der Waals surface area contributed by atoms with Crippen molar-refractivity contribution in [3.8, 4) is 0 Å². The number of nitrogens with zero attached hydrogens (tertiary/aromatic N) is 1. The normalized spacial score (nSPS) is 13.9. The predicted molar refractivity (Wildman–Crippen MR) is 115 cm³/mol. The highest BCUT2D eigenvalue weighted by atomic mass is 16.2. The minimum atomic E-state index is -0.585. The number of benzene rings is 3. The Hall–Kier alpha value is -3.40. The molecule has 29 heavy (non-hydrogen) atoms. The first-order valence-electron chi connectivity index (χ1n) is 9.83. The van der Waals surface area contributed by atoms with Gasteiger partial charge in [-0.15, -0.1) is 0 Å². The van der Waals surface area contributed by atoms with E-state index in [1.807, 2.05) is 80.6 Å². The highest BCUT2D eigenvalue weighted by molar-refractivity contribution is 6.03. The highest BCUT2D eigenvalue weighted by Crippen LogP contribution is 2.26. The first-order valence-corrected chi connectivity index (χ1v) is 9.83. The first kappa shape index (κ1) is 18.9. The third-order valence-electron chi connectivity index (χ3n) is 5.29. The molecule has 0 aromatic heterocycles. The summed E-state index contributed by atoms with van der Waals surface area (Å²) in [7, 11) is 0. The van der Waals surface area contributed by atoms with Crippen LogP contribution in [0.5, 0.6) is 0 Å². The zero-order chi connectivity index (χ0) is 20.4. The quantitative estimate of drug-likeness (QED) is 0.704. The van der Waals surface area contributed by atoms with Crippen LogP contribution in [0.3, 0.4) is 0 Å². The smallest absolute Gasteiger partial charge is 0.255 e. The average molecular weight is 384 g/mol. The standard InChI is InChI=1S/C25H24N2O2/c1-17-12-18(2)14-21(13-17)26-24(28)23(15-19-8-4-3-5-9-19)27-16-20-10-6-7-11-22(20)25(27)29/h3-14,23H,15-16H2,1-2H3,(H,26,28)/t23-/m1/s1. The Morgan fingerprint density at radius 1 is 0.966 bits per heavy atom. The van der Waals surface area contributed by atoms with Gasteiger partial charge in [0.15, 0.2) is 0 Å². The topological polar surface area (TPSA) is 49.4 Å². The summed E-state index contributed by atoms with van der Waals surface area (Å²) in [5, 5.41) is 3.04. The molecule has 0 radical (unpaired) electrons. The molecule has 1 aliphatic heterocycles. The van der Waals surface area contributed by atoms with Crippen molar-refractivity contribution in [3.63, 3.8) is 0 Å². The lowest BCUT2D eigenvalue weighted by molar-refractivity contribution is -0.120. The molecule has 0 bridgehead atoms. The number of hydrogen-bond acceptors (Lipinski definition) is 2. The van der Waals surface area contributed by atoms with Gasteiger partial charge in [0, 0.05) is 24.2 Å². The minimum Gasteiger partial charge on any atom is -0.324 e. The number of carbonyl (C=O) groups excluding carboxylic acids is 2. The molecule has 4 rings (SSSR count). The van der Waals surface area contributed by atoms with E-state index in [4.69, 9.17) is 0 Å². The fourth-order valence-electron chi connectivity index (χ4n) is 3.98. The van der Waals surface area contributed by atoms with Gasteiger partial charge in [-0.05, 0) is 54.3 Å². The van der Waals surface area contributed by atoms with Gasteiger partial charge in [0.05, 0.1) is 0 Å². The molecular weight excluding hydrogens is 360 g/mol. The average Bonchev–Trinajstić information content (AvgIpc) is 3.03. The van der Waals surface area contributed by atoms with E-state index >= 15 is 0 Å². The molecule has 1 aliphatic rings. The van der Waals surface area contributed by atoms with Crippen molar-refractivity contribution in [1.82, 2.24) is 4.90 Å². The SMILES string of the molecule is Cc1cc(C)cc(NC(=O)[C@@H](Cc2ccccc2)N2Cc3ccccc3C2=O)c1. The lowest BCUT2D eigenvalue weighted by atomic mass is 10.0. The number of carbonyl (C=O) groups is 2. The Balaban J connectivity index is 1.63. The van der Waals surface area contributed by atoms with Crippen LogP contribution in [-0.2, 0) is 17.8 Å². The van der Waals surface area contributed by atoms with Gasteiger partial charge in [-0.25, -0.2) is 0 Å². The Kier molecular flexibility index (Phi) is 5.17. The maximum absolute atomic E-state index is 13.3. The van der Waals surface area contributed by atoms with Crippen molar-refractivity contribution >= 4 is 17.5 Å². The number of amides is 2. The third-order valence-corrected chi connectivity index (χ3v) is 5.29. The zero-order valence-corrected chi connectivity index (χ0v) is 16.7. The maximum atomic E-state index is 13.3. The Bertz CT molecular complexity index is 1040. The summed E-state index contributed by atoms with van der Waals surface area (Å²) in [5.41, 5.74) is 5.61. The van der Waals surface area contributed by atoms with Crippen LogP contribution in [0, 0.1) is 13.8 Å². The second kappa shape index (κ2) is 7.92. The molecule has 2 amide bonds. The first-order chi connectivity index (χ1) is 14.0. The Labute approximate surface area is 171 Å². The van der Waals surface area contributed by atoms with E-state index < -0.39 is 6.04 Å². The number of rotatable bonds is 5. The van der Waals surface area contributed by atoms with E-state index in [-0.39, 0.29) is 11.8 Å². The van der Waals surface area contributed by atoms with E-state index in [2.05, 4.69) is 11.4 Å². The second-order valence-electron chi connectivity index (χ2n) is 7.66. The summed E-state index contributed by atoms with van der Waals surface area (Å²) < 4.78 is 0. The fourth-order valence-corrected chi connectivity index (χ4v) is 3.98. The van der Waals surface area contributed by atoms with E-state index in [1.54, 1.807) is 4.90 Å². The molecule has 3 aromatic rings. The largest absolute Gasteiger partial charge is 0.324 e. The van der Waals surface area contributed by atoms with Crippen LogP contribution in [0.1, 0.15) is 32.6 Å². The lowest BCUT2D eigenvalue weighted by Crippen LogP contribution is -2.45. The van der Waals surface area contributed by atoms with Crippen LogP contribution in [-0.4, -0.2) is 22.8 Å². The third kappa shape index (κ3) is 4.06. The lowest BCUT2D eigenvalue weighted by Gasteiger charge is -2.27.